The van der Waals surface area contributed by atoms with Crippen molar-refractivity contribution in [3.63, 3.8) is 0 Å². The average Bonchev–Trinajstić information content (AvgIpc) is 3.67. The number of hydrogen-bond acceptors (Lipinski definition) is 12. The summed E-state index contributed by atoms with van der Waals surface area (Å²) in [5.74, 6) is -0.306. The van der Waals surface area contributed by atoms with Gasteiger partial charge in [-0.05, 0) is 57.7 Å². The van der Waals surface area contributed by atoms with Crippen molar-refractivity contribution in [1.29, 1.82) is 0 Å². The van der Waals surface area contributed by atoms with Crippen LogP contribution >= 0.6 is 7.75 Å². The predicted octanol–water partition coefficient (Wildman–Crippen LogP) is 4.26. The number of pyridine rings is 1. The van der Waals surface area contributed by atoms with Crippen LogP contribution in [0.1, 0.15) is 52.2 Å². The Morgan fingerprint density at radius 2 is 1.84 bits per heavy atom. The summed E-state index contributed by atoms with van der Waals surface area (Å²) >= 11 is 0. The lowest BCUT2D eigenvalue weighted by molar-refractivity contribution is -0.152. The number of anilines is 1. The van der Waals surface area contributed by atoms with E-state index in [1.165, 1.54) is 19.4 Å². The molecule has 2 aromatic heterocycles. The van der Waals surface area contributed by atoms with E-state index in [1.807, 2.05) is 0 Å². The fraction of sp³-hybridized carbons (Fsp3) is 0.500. The van der Waals surface area contributed by atoms with Gasteiger partial charge in [-0.25, -0.2) is 19.3 Å². The first kappa shape index (κ1) is 29.4. The molecule has 15 heteroatoms. The van der Waals surface area contributed by atoms with Gasteiger partial charge in [-0.1, -0.05) is 24.6 Å². The van der Waals surface area contributed by atoms with Gasteiger partial charge in [-0.15, -0.1) is 0 Å². The minimum Gasteiger partial charge on any atom is -0.461 e. The Bertz CT molecular complexity index is 1510. The van der Waals surface area contributed by atoms with E-state index >= 15 is 0 Å². The fourth-order valence-electron chi connectivity index (χ4n) is 5.63. The number of rotatable bonds is 10. The molecule has 2 aliphatic heterocycles. The molecule has 3 N–H and O–H groups in total. The van der Waals surface area contributed by atoms with Crippen molar-refractivity contribution in [2.45, 2.75) is 88.7 Å². The molecule has 0 amide bonds. The van der Waals surface area contributed by atoms with Crippen LogP contribution in [0.2, 0.25) is 0 Å². The third kappa shape index (κ3) is 6.19. The quantitative estimate of drug-likeness (QED) is 0.245. The lowest BCUT2D eigenvalue weighted by Crippen LogP contribution is -2.41. The van der Waals surface area contributed by atoms with E-state index in [9.17, 15) is 14.2 Å². The first-order chi connectivity index (χ1) is 20.7. The van der Waals surface area contributed by atoms with Gasteiger partial charge in [0.2, 0.25) is 0 Å². The molecule has 230 valence electrons. The van der Waals surface area contributed by atoms with Gasteiger partial charge in [0.25, 0.3) is 0 Å². The molecule has 43 heavy (non-hydrogen) atoms. The second kappa shape index (κ2) is 12.1. The van der Waals surface area contributed by atoms with Crippen molar-refractivity contribution in [3.05, 3.63) is 48.9 Å². The van der Waals surface area contributed by atoms with E-state index in [2.05, 4.69) is 15.1 Å². The number of nitrogens with one attached hydrogen (secondary N) is 1. The van der Waals surface area contributed by atoms with E-state index in [4.69, 9.17) is 33.7 Å². The molecular weight excluding hydrogens is 581 g/mol. The first-order valence-corrected chi connectivity index (χ1v) is 15.9. The Kier molecular flexibility index (Phi) is 8.27. The summed E-state index contributed by atoms with van der Waals surface area (Å²) in [5.41, 5.74) is 7.35. The number of esters is 1. The van der Waals surface area contributed by atoms with E-state index in [1.54, 1.807) is 47.9 Å². The van der Waals surface area contributed by atoms with Crippen LogP contribution in [-0.2, 0) is 32.8 Å². The van der Waals surface area contributed by atoms with Crippen molar-refractivity contribution in [2.75, 3.05) is 5.73 Å². The summed E-state index contributed by atoms with van der Waals surface area (Å²) in [4.78, 5) is 33.8. The van der Waals surface area contributed by atoms with Crippen LogP contribution in [0.15, 0.2) is 48.9 Å². The molecule has 1 saturated carbocycles. The minimum atomic E-state index is -4.25. The first-order valence-electron chi connectivity index (χ1n) is 14.3. The Labute approximate surface area is 247 Å². The molecular formula is C28H34N5O9P. The van der Waals surface area contributed by atoms with Crippen LogP contribution in [0, 0.1) is 0 Å². The van der Waals surface area contributed by atoms with Gasteiger partial charge < -0.3 is 29.2 Å². The lowest BCUT2D eigenvalue weighted by Gasteiger charge is -2.29. The van der Waals surface area contributed by atoms with Crippen molar-refractivity contribution in [2.24, 2.45) is 0 Å². The van der Waals surface area contributed by atoms with Gasteiger partial charge in [0.1, 0.15) is 29.5 Å². The predicted molar refractivity (Wildman–Crippen MR) is 152 cm³/mol. The lowest BCUT2D eigenvalue weighted by atomic mass is 9.98. The number of hydrogen-bond donors (Lipinski definition) is 2. The highest BCUT2D eigenvalue weighted by molar-refractivity contribution is 7.52. The number of nitrogens with two attached hydrogens (primary N) is 1. The van der Waals surface area contributed by atoms with Gasteiger partial charge in [0.05, 0.1) is 18.1 Å². The second-order valence-corrected chi connectivity index (χ2v) is 12.5. The van der Waals surface area contributed by atoms with Crippen molar-refractivity contribution >= 4 is 36.7 Å². The molecule has 0 radical (unpaired) electrons. The van der Waals surface area contributed by atoms with Crippen LogP contribution in [0.5, 0.6) is 5.75 Å². The number of aromatic nitrogens is 3. The van der Waals surface area contributed by atoms with E-state index in [0.29, 0.717) is 16.9 Å². The van der Waals surface area contributed by atoms with Crippen LogP contribution in [0.25, 0.3) is 11.2 Å². The molecule has 0 spiro atoms. The van der Waals surface area contributed by atoms with E-state index < -0.39 is 56.6 Å². The molecule has 1 aromatic carbocycles. The number of nitrogen functional groups attached to an aromatic ring is 1. The number of nitrogens with zero attached hydrogens (tertiary/aromatic N) is 3. The molecule has 5 unspecified atom stereocenters. The van der Waals surface area contributed by atoms with Crippen LogP contribution in [-0.4, -0.2) is 63.2 Å². The normalized spacial score (nSPS) is 26.6. The largest absolute Gasteiger partial charge is 0.509 e. The molecule has 14 nitrogen and oxygen atoms in total. The molecule has 3 aromatic rings. The highest BCUT2D eigenvalue weighted by atomic mass is 31.2. The minimum absolute atomic E-state index is 0.179. The van der Waals surface area contributed by atoms with Crippen LogP contribution in [0.4, 0.5) is 10.5 Å². The summed E-state index contributed by atoms with van der Waals surface area (Å²) in [7, 11) is -4.25. The van der Waals surface area contributed by atoms with Gasteiger partial charge in [0, 0.05) is 6.20 Å². The summed E-state index contributed by atoms with van der Waals surface area (Å²) in [6.07, 6.45) is 2.04. The number of carbonyl (C=O) groups is 2. The molecule has 6 rings (SSSR count). The number of benzene rings is 1. The Hall–Kier alpha value is -3.71. The Balaban J connectivity index is 1.22. The van der Waals surface area contributed by atoms with Crippen LogP contribution < -0.4 is 15.3 Å². The topological polar surface area (TPSA) is 175 Å². The van der Waals surface area contributed by atoms with E-state index in [0.717, 1.165) is 32.1 Å². The zero-order valence-electron chi connectivity index (χ0n) is 23.7. The van der Waals surface area contributed by atoms with E-state index in [-0.39, 0.29) is 11.9 Å². The zero-order chi connectivity index (χ0) is 30.1. The molecule has 7 atom stereocenters. The zero-order valence-corrected chi connectivity index (χ0v) is 24.6. The smallest absolute Gasteiger partial charge is 0.461 e. The summed E-state index contributed by atoms with van der Waals surface area (Å²) in [5, 5.41) is 2.73. The molecule has 0 bridgehead atoms. The second-order valence-electron chi connectivity index (χ2n) is 10.9. The Morgan fingerprint density at radius 1 is 1.09 bits per heavy atom. The maximum atomic E-state index is 14.2. The molecule has 2 saturated heterocycles. The molecule has 1 aliphatic carbocycles. The van der Waals surface area contributed by atoms with Gasteiger partial charge in [0.15, 0.2) is 24.1 Å². The standard InChI is InChI=1S/C28H34N5O9P/c1-16(27(34)37-18-9-5-3-6-10-18)32-43(36,42-19-11-7-4-8-12-19)41-17(2)22-23-24(40-28(35)39-23)26(38-22)33-15-31-21-20(29)13-14-30-25(21)33/h4,7-8,11-18,22-24,26H,3,5-6,9-10H2,1-2H3,(H2,29,30)(H,32,36)/t16?,17?,22-,23?,24?,26-,43?/m1/s1. The Morgan fingerprint density at radius 3 is 2.60 bits per heavy atom. The summed E-state index contributed by atoms with van der Waals surface area (Å²) in [6.45, 7) is 3.14. The molecule has 3 fully saturated rings. The molecule has 4 heterocycles. The fourth-order valence-corrected chi connectivity index (χ4v) is 7.33. The summed E-state index contributed by atoms with van der Waals surface area (Å²) in [6, 6.07) is 9.04. The third-order valence-electron chi connectivity index (χ3n) is 7.73. The van der Waals surface area contributed by atoms with Crippen molar-refractivity contribution < 1.29 is 42.1 Å². The van der Waals surface area contributed by atoms with Crippen molar-refractivity contribution in [3.8, 4) is 5.75 Å². The maximum absolute atomic E-state index is 14.2. The highest BCUT2D eigenvalue weighted by Crippen LogP contribution is 2.49. The number of carbonyl (C=O) groups excluding carboxylic acids is 2. The number of para-hydroxylation sites is 1. The molecule has 3 aliphatic rings. The maximum Gasteiger partial charge on any atom is 0.509 e. The van der Waals surface area contributed by atoms with Gasteiger partial charge >= 0.3 is 19.9 Å². The average molecular weight is 616 g/mol. The summed E-state index contributed by atoms with van der Waals surface area (Å²) < 4.78 is 50.6. The number of imidazole rings is 1. The van der Waals surface area contributed by atoms with Gasteiger partial charge in [-0.3, -0.25) is 13.9 Å². The highest BCUT2D eigenvalue weighted by Gasteiger charge is 2.58. The van der Waals surface area contributed by atoms with Crippen molar-refractivity contribution in [1.82, 2.24) is 19.6 Å². The van der Waals surface area contributed by atoms with Gasteiger partial charge in [-0.2, -0.15) is 5.09 Å². The number of fused-ring (bicyclic) bond motifs is 2. The SMILES string of the molecule is CC(NP(=O)(Oc1ccccc1)OC(C)[C@H]1O[C@@H](n2cnc3c(N)ccnc32)C2OC(=O)OC21)C(=O)OC1CCCCC1. The third-order valence-corrected chi connectivity index (χ3v) is 9.50. The monoisotopic (exact) mass is 615 g/mol. The number of ether oxygens (including phenoxy) is 4. The van der Waals surface area contributed by atoms with Crippen LogP contribution in [0.3, 0.4) is 0 Å².